The summed E-state index contributed by atoms with van der Waals surface area (Å²) in [6.45, 7) is 3.20. The van der Waals surface area contributed by atoms with Crippen molar-refractivity contribution in [2.45, 2.75) is 64.6 Å². The van der Waals surface area contributed by atoms with E-state index in [0.29, 0.717) is 48.5 Å². The number of rotatable bonds is 11. The summed E-state index contributed by atoms with van der Waals surface area (Å²) in [4.78, 5) is 67.6. The molecule has 3 N–H and O–H groups in total. The number of hydrogen-bond donors (Lipinski definition) is 3. The van der Waals surface area contributed by atoms with E-state index >= 15 is 0 Å². The number of carboxylic acids is 1. The Bertz CT molecular complexity index is 1700. The highest BCUT2D eigenvalue weighted by Gasteiger charge is 2.48. The van der Waals surface area contributed by atoms with Gasteiger partial charge in [0.25, 0.3) is 5.91 Å². The van der Waals surface area contributed by atoms with E-state index in [9.17, 15) is 29.1 Å². The van der Waals surface area contributed by atoms with Gasteiger partial charge in [-0.15, -0.1) is 0 Å². The summed E-state index contributed by atoms with van der Waals surface area (Å²) >= 11 is 6.08. The van der Waals surface area contributed by atoms with E-state index in [-0.39, 0.29) is 29.3 Å². The Morgan fingerprint density at radius 3 is 2.17 bits per heavy atom. The van der Waals surface area contributed by atoms with Gasteiger partial charge in [-0.2, -0.15) is 0 Å². The SMILES string of the molecule is CC(=O)NCCC1(C(=O)N/C(=C\c2ccc(N3C(=O)C(Cc4ccc(Cl)cc4)N(C(C)=O)C3c3ccccc3)cc2)C(=O)O)CCCC1. The summed E-state index contributed by atoms with van der Waals surface area (Å²) in [5, 5.41) is 15.9. The van der Waals surface area contributed by atoms with Crippen LogP contribution < -0.4 is 15.5 Å². The minimum Gasteiger partial charge on any atom is -0.477 e. The molecule has 10 nitrogen and oxygen atoms in total. The summed E-state index contributed by atoms with van der Waals surface area (Å²) in [7, 11) is 0. The van der Waals surface area contributed by atoms with E-state index in [1.807, 2.05) is 42.5 Å². The Morgan fingerprint density at radius 1 is 0.938 bits per heavy atom. The standard InChI is InChI=1S/C37H39ClN4O6/c1-24(43)39-21-20-37(18-6-7-19-37)36(48)40-31(35(46)47)22-26-12-16-30(17-13-26)42-33(28-8-4-3-5-9-28)41(25(2)44)32(34(42)45)23-27-10-14-29(38)15-11-27/h3-5,8-17,22,32-33H,6-7,18-21,23H2,1-2H3,(H,39,43)(H,40,48)(H,46,47)/b31-22-. The first kappa shape index (κ1) is 34.4. The maximum absolute atomic E-state index is 14.2. The number of hydrogen-bond acceptors (Lipinski definition) is 5. The van der Waals surface area contributed by atoms with Crippen molar-refractivity contribution in [2.75, 3.05) is 11.4 Å². The third kappa shape index (κ3) is 7.60. The van der Waals surface area contributed by atoms with Crippen molar-refractivity contribution in [3.63, 3.8) is 0 Å². The van der Waals surface area contributed by atoms with Crippen molar-refractivity contribution in [3.8, 4) is 0 Å². The first-order chi connectivity index (χ1) is 23.0. The topological polar surface area (TPSA) is 136 Å². The molecule has 3 aromatic rings. The Balaban J connectivity index is 1.43. The van der Waals surface area contributed by atoms with Crippen molar-refractivity contribution in [2.24, 2.45) is 5.41 Å². The van der Waals surface area contributed by atoms with Crippen molar-refractivity contribution in [3.05, 3.63) is 106 Å². The third-order valence-electron chi connectivity index (χ3n) is 9.15. The zero-order valence-corrected chi connectivity index (χ0v) is 27.7. The minimum atomic E-state index is -1.29. The molecule has 1 saturated heterocycles. The molecule has 1 aliphatic heterocycles. The average molecular weight is 671 g/mol. The maximum Gasteiger partial charge on any atom is 0.352 e. The molecular weight excluding hydrogens is 632 g/mol. The Morgan fingerprint density at radius 2 is 1.58 bits per heavy atom. The van der Waals surface area contributed by atoms with Crippen molar-refractivity contribution in [1.82, 2.24) is 15.5 Å². The van der Waals surface area contributed by atoms with Gasteiger partial charge in [-0.25, -0.2) is 4.79 Å². The molecule has 48 heavy (non-hydrogen) atoms. The number of nitrogens with zero attached hydrogens (tertiary/aromatic N) is 2. The van der Waals surface area contributed by atoms with Crippen LogP contribution in [0.5, 0.6) is 0 Å². The Kier molecular flexibility index (Phi) is 10.6. The summed E-state index contributed by atoms with van der Waals surface area (Å²) in [6, 6.07) is 22.5. The van der Waals surface area contributed by atoms with Gasteiger partial charge in [-0.05, 0) is 66.3 Å². The molecule has 2 fully saturated rings. The normalized spacial score (nSPS) is 18.9. The molecular formula is C37H39ClN4O6. The van der Waals surface area contributed by atoms with Gasteiger partial charge in [0.1, 0.15) is 17.9 Å². The molecule has 0 bridgehead atoms. The Labute approximate surface area is 284 Å². The first-order valence-electron chi connectivity index (χ1n) is 16.0. The summed E-state index contributed by atoms with van der Waals surface area (Å²) in [5.41, 5.74) is 1.62. The van der Waals surface area contributed by atoms with Gasteiger partial charge < -0.3 is 20.6 Å². The van der Waals surface area contributed by atoms with Crippen molar-refractivity contribution < 1.29 is 29.1 Å². The van der Waals surface area contributed by atoms with E-state index in [4.69, 9.17) is 11.6 Å². The van der Waals surface area contributed by atoms with Gasteiger partial charge in [0, 0.05) is 37.5 Å². The van der Waals surface area contributed by atoms with Crippen molar-refractivity contribution in [1.29, 1.82) is 0 Å². The van der Waals surface area contributed by atoms with Crippen LogP contribution in [-0.2, 0) is 30.4 Å². The zero-order valence-electron chi connectivity index (χ0n) is 26.9. The van der Waals surface area contributed by atoms with E-state index in [2.05, 4.69) is 10.6 Å². The summed E-state index contributed by atoms with van der Waals surface area (Å²) in [6.07, 6.45) is 4.32. The van der Waals surface area contributed by atoms with Crippen LogP contribution in [0.25, 0.3) is 6.08 Å². The molecule has 0 radical (unpaired) electrons. The lowest BCUT2D eigenvalue weighted by molar-refractivity contribution is -0.137. The second-order valence-corrected chi connectivity index (χ2v) is 12.8. The predicted molar refractivity (Wildman–Crippen MR) is 183 cm³/mol. The smallest absolute Gasteiger partial charge is 0.352 e. The lowest BCUT2D eigenvalue weighted by Gasteiger charge is -2.31. The van der Waals surface area contributed by atoms with Crippen LogP contribution in [0.1, 0.15) is 68.8 Å². The number of carbonyl (C=O) groups is 5. The average Bonchev–Trinajstić information content (AvgIpc) is 3.66. The minimum absolute atomic E-state index is 0.185. The maximum atomic E-state index is 14.2. The molecule has 2 unspecified atom stereocenters. The van der Waals surface area contributed by atoms with Gasteiger partial charge in [0.05, 0.1) is 5.41 Å². The monoisotopic (exact) mass is 670 g/mol. The van der Waals surface area contributed by atoms with E-state index in [1.54, 1.807) is 46.2 Å². The predicted octanol–water partition coefficient (Wildman–Crippen LogP) is 5.47. The van der Waals surface area contributed by atoms with Crippen LogP contribution in [-0.4, -0.2) is 52.2 Å². The van der Waals surface area contributed by atoms with Gasteiger partial charge >= 0.3 is 5.97 Å². The molecule has 11 heteroatoms. The highest BCUT2D eigenvalue weighted by Crippen LogP contribution is 2.42. The van der Waals surface area contributed by atoms with Gasteiger partial charge in [0.2, 0.25) is 17.7 Å². The highest BCUT2D eigenvalue weighted by molar-refractivity contribution is 6.30. The van der Waals surface area contributed by atoms with Gasteiger partial charge in [-0.1, -0.05) is 79.0 Å². The number of nitrogens with one attached hydrogen (secondary N) is 2. The molecule has 1 saturated carbocycles. The van der Waals surface area contributed by atoms with Crippen molar-refractivity contribution >= 4 is 53.0 Å². The fourth-order valence-electron chi connectivity index (χ4n) is 6.74. The van der Waals surface area contributed by atoms with E-state index < -0.39 is 23.6 Å². The molecule has 4 amide bonds. The molecule has 1 heterocycles. The number of aliphatic carboxylic acids is 1. The highest BCUT2D eigenvalue weighted by atomic mass is 35.5. The fourth-order valence-corrected chi connectivity index (χ4v) is 6.87. The van der Waals surface area contributed by atoms with Gasteiger partial charge in [0.15, 0.2) is 0 Å². The lowest BCUT2D eigenvalue weighted by atomic mass is 9.81. The number of benzene rings is 3. The second kappa shape index (κ2) is 14.9. The number of halogens is 1. The number of carboxylic acid groups (broad SMARTS) is 1. The third-order valence-corrected chi connectivity index (χ3v) is 9.40. The second-order valence-electron chi connectivity index (χ2n) is 12.4. The van der Waals surface area contributed by atoms with Crippen LogP contribution in [0.2, 0.25) is 5.02 Å². The molecule has 0 spiro atoms. The van der Waals surface area contributed by atoms with Crippen LogP contribution in [0, 0.1) is 5.41 Å². The molecule has 3 aromatic carbocycles. The molecule has 5 rings (SSSR count). The first-order valence-corrected chi connectivity index (χ1v) is 16.4. The van der Waals surface area contributed by atoms with Crippen LogP contribution in [0.15, 0.2) is 84.6 Å². The number of anilines is 1. The van der Waals surface area contributed by atoms with Gasteiger partial charge in [-0.3, -0.25) is 24.1 Å². The van der Waals surface area contributed by atoms with Crippen LogP contribution in [0.3, 0.4) is 0 Å². The fraction of sp³-hybridized carbons (Fsp3) is 0.324. The Hall–Kier alpha value is -4.96. The van der Waals surface area contributed by atoms with Crippen LogP contribution >= 0.6 is 11.6 Å². The van der Waals surface area contributed by atoms with E-state index in [1.165, 1.54) is 19.9 Å². The summed E-state index contributed by atoms with van der Waals surface area (Å²) < 4.78 is 0. The molecule has 0 aromatic heterocycles. The summed E-state index contributed by atoms with van der Waals surface area (Å²) in [5.74, 6) is -2.35. The number of carbonyl (C=O) groups excluding carboxylic acids is 4. The molecule has 250 valence electrons. The quantitative estimate of drug-likeness (QED) is 0.232. The molecule has 1 aliphatic carbocycles. The largest absolute Gasteiger partial charge is 0.477 e. The molecule has 2 atom stereocenters. The lowest BCUT2D eigenvalue weighted by Crippen LogP contribution is -2.42. The number of amides is 4. The zero-order chi connectivity index (χ0) is 34.4. The van der Waals surface area contributed by atoms with E-state index in [0.717, 1.165) is 24.0 Å². The van der Waals surface area contributed by atoms with Crippen LogP contribution in [0.4, 0.5) is 5.69 Å². The molecule has 2 aliphatic rings.